The third-order valence-electron chi connectivity index (χ3n) is 2.54. The van der Waals surface area contributed by atoms with Crippen LogP contribution in [0, 0.1) is 5.82 Å². The second-order valence-corrected chi connectivity index (χ2v) is 4.10. The lowest BCUT2D eigenvalue weighted by molar-refractivity contribution is -0.366. The second-order valence-electron chi connectivity index (χ2n) is 4.10. The van der Waals surface area contributed by atoms with Crippen LogP contribution >= 0.6 is 0 Å². The van der Waals surface area contributed by atoms with Gasteiger partial charge in [-0.05, 0) is 29.8 Å². The van der Waals surface area contributed by atoms with Crippen LogP contribution in [0.1, 0.15) is 5.56 Å². The van der Waals surface area contributed by atoms with Crippen molar-refractivity contribution in [2.24, 2.45) is 0 Å². The van der Waals surface area contributed by atoms with Crippen molar-refractivity contribution in [3.63, 3.8) is 0 Å². The number of fused-ring (bicyclic) bond motifs is 1. The molecule has 7 heteroatoms. The zero-order valence-corrected chi connectivity index (χ0v) is 11.1. The molecule has 2 rings (SSSR count). The molecule has 5 N–H and O–H groups in total. The molecule has 0 radical (unpaired) electrons. The van der Waals surface area contributed by atoms with Crippen LogP contribution in [0.5, 0.6) is 0 Å². The van der Waals surface area contributed by atoms with Crippen molar-refractivity contribution in [1.82, 2.24) is 4.98 Å². The minimum absolute atomic E-state index is 0.199. The summed E-state index contributed by atoms with van der Waals surface area (Å²) < 4.78 is 12.8. The number of quaternary nitrogens is 1. The number of carboxylic acid groups (broad SMARTS) is 2. The van der Waals surface area contributed by atoms with Gasteiger partial charge in [0, 0.05) is 29.6 Å². The van der Waals surface area contributed by atoms with Gasteiger partial charge in [-0.1, -0.05) is 0 Å². The van der Waals surface area contributed by atoms with E-state index in [-0.39, 0.29) is 5.82 Å². The molecule has 0 atom stereocenters. The fraction of sp³-hybridized carbons (Fsp3) is 0.143. The number of aromatic nitrogens is 1. The largest absolute Gasteiger partial charge is 0.545 e. The number of nitrogens with one attached hydrogen (secondary N) is 1. The maximum Gasteiger partial charge on any atom is 0.328 e. The Hall–Kier alpha value is -2.67. The maximum atomic E-state index is 12.8. The highest BCUT2D eigenvalue weighted by molar-refractivity contribution is 5.88. The molecule has 0 aliphatic rings. The van der Waals surface area contributed by atoms with Gasteiger partial charge in [0.05, 0.1) is 12.5 Å². The van der Waals surface area contributed by atoms with Gasteiger partial charge in [0.25, 0.3) is 0 Å². The molecular weight excluding hydrogens is 279 g/mol. The molecule has 1 heterocycles. The van der Waals surface area contributed by atoms with Crippen LogP contribution in [0.3, 0.4) is 0 Å². The van der Waals surface area contributed by atoms with Crippen LogP contribution in [0.2, 0.25) is 0 Å². The second kappa shape index (κ2) is 7.81. The van der Waals surface area contributed by atoms with Gasteiger partial charge in [-0.2, -0.15) is 0 Å². The zero-order valence-electron chi connectivity index (χ0n) is 11.1. The number of carboxylic acids is 2. The Morgan fingerprint density at radius 3 is 2.62 bits per heavy atom. The third-order valence-corrected chi connectivity index (χ3v) is 2.54. The summed E-state index contributed by atoms with van der Waals surface area (Å²) >= 11 is 0. The minimum atomic E-state index is -1.51. The lowest BCUT2D eigenvalue weighted by Gasteiger charge is -1.93. The van der Waals surface area contributed by atoms with Crippen molar-refractivity contribution in [3.05, 3.63) is 47.9 Å². The summed E-state index contributed by atoms with van der Waals surface area (Å²) in [6, 6.07) is 4.82. The fourth-order valence-corrected chi connectivity index (χ4v) is 1.70. The van der Waals surface area contributed by atoms with Gasteiger partial charge in [0.15, 0.2) is 0 Å². The lowest BCUT2D eigenvalue weighted by atomic mass is 10.1. The van der Waals surface area contributed by atoms with Crippen LogP contribution in [-0.4, -0.2) is 28.6 Å². The Labute approximate surface area is 119 Å². The first-order chi connectivity index (χ1) is 9.93. The van der Waals surface area contributed by atoms with E-state index in [0.29, 0.717) is 12.2 Å². The summed E-state index contributed by atoms with van der Waals surface area (Å²) in [7, 11) is 0. The Morgan fingerprint density at radius 1 is 1.38 bits per heavy atom. The average Bonchev–Trinajstić information content (AvgIpc) is 2.80. The normalized spacial score (nSPS) is 10.4. The van der Waals surface area contributed by atoms with Gasteiger partial charge in [-0.15, -0.1) is 0 Å². The first kappa shape index (κ1) is 16.4. The van der Waals surface area contributed by atoms with E-state index in [1.165, 1.54) is 17.7 Å². The Balaban J connectivity index is 0.000000240. The van der Waals surface area contributed by atoms with Crippen molar-refractivity contribution in [3.8, 4) is 0 Å². The predicted molar refractivity (Wildman–Crippen MR) is 71.5 cm³/mol. The summed E-state index contributed by atoms with van der Waals surface area (Å²) in [6.45, 7) is 0.865. The van der Waals surface area contributed by atoms with Crippen LogP contribution in [0.15, 0.2) is 36.5 Å². The van der Waals surface area contributed by atoms with Gasteiger partial charge >= 0.3 is 5.97 Å². The maximum absolute atomic E-state index is 12.8. The van der Waals surface area contributed by atoms with Crippen molar-refractivity contribution < 1.29 is 29.9 Å². The van der Waals surface area contributed by atoms with Gasteiger partial charge in [0.2, 0.25) is 0 Å². The number of aromatic amines is 1. The number of hydrogen-bond acceptors (Lipinski definition) is 3. The molecular formula is C14H15FN2O4. The molecule has 0 unspecified atom stereocenters. The van der Waals surface area contributed by atoms with Gasteiger partial charge < -0.3 is 25.7 Å². The summed E-state index contributed by atoms with van der Waals surface area (Å²) in [5.41, 5.74) is 5.87. The molecule has 0 bridgehead atoms. The summed E-state index contributed by atoms with van der Waals surface area (Å²) in [4.78, 5) is 22.0. The number of halogens is 1. The number of aliphatic carboxylic acids is 2. The van der Waals surface area contributed by atoms with Crippen molar-refractivity contribution in [2.75, 3.05) is 6.54 Å². The number of carbonyl (C=O) groups is 2. The number of benzene rings is 1. The van der Waals surface area contributed by atoms with E-state index in [0.717, 1.165) is 23.9 Å². The number of H-pyrrole nitrogens is 1. The van der Waals surface area contributed by atoms with Gasteiger partial charge in [0.1, 0.15) is 5.82 Å². The molecule has 21 heavy (non-hydrogen) atoms. The first-order valence-electron chi connectivity index (χ1n) is 6.10. The van der Waals surface area contributed by atoms with Gasteiger partial charge in [-0.3, -0.25) is 0 Å². The third kappa shape index (κ3) is 5.45. The molecule has 0 aliphatic carbocycles. The molecule has 0 fully saturated rings. The predicted octanol–water partition coefficient (Wildman–Crippen LogP) is -0.531. The molecule has 6 nitrogen and oxygen atoms in total. The molecule has 0 saturated heterocycles. The van der Waals surface area contributed by atoms with Gasteiger partial charge in [-0.25, -0.2) is 9.18 Å². The highest BCUT2D eigenvalue weighted by Gasteiger charge is 2.03. The number of rotatable bonds is 4. The molecule has 1 aromatic heterocycles. The zero-order chi connectivity index (χ0) is 15.8. The average molecular weight is 294 g/mol. The van der Waals surface area contributed by atoms with Crippen molar-refractivity contribution in [2.45, 2.75) is 6.42 Å². The fourth-order valence-electron chi connectivity index (χ4n) is 1.70. The molecule has 0 saturated carbocycles. The summed E-state index contributed by atoms with van der Waals surface area (Å²) in [5, 5.41) is 18.3. The van der Waals surface area contributed by atoms with E-state index in [1.54, 1.807) is 0 Å². The highest BCUT2D eigenvalue weighted by Crippen LogP contribution is 2.18. The van der Waals surface area contributed by atoms with Crippen LogP contribution in [-0.2, 0) is 16.0 Å². The van der Waals surface area contributed by atoms with Crippen LogP contribution in [0.4, 0.5) is 4.39 Å². The minimum Gasteiger partial charge on any atom is -0.545 e. The molecule has 0 spiro atoms. The molecule has 0 amide bonds. The van der Waals surface area contributed by atoms with E-state index in [9.17, 15) is 19.1 Å². The molecule has 2 aromatic rings. The smallest absolute Gasteiger partial charge is 0.328 e. The van der Waals surface area contributed by atoms with E-state index in [1.807, 2.05) is 12.3 Å². The summed E-state index contributed by atoms with van der Waals surface area (Å²) in [5.74, 6) is -3.00. The van der Waals surface area contributed by atoms with E-state index < -0.39 is 11.9 Å². The SMILES string of the molecule is O=C([O-])/C=C/C(=O)O.[NH3+]CCc1c[nH]c2cc(F)ccc12. The monoisotopic (exact) mass is 294 g/mol. The van der Waals surface area contributed by atoms with Crippen LogP contribution in [0.25, 0.3) is 10.9 Å². The standard InChI is InChI=1S/C10H11FN2.C4H4O4/c11-8-1-2-9-7(3-4-12)6-13-10(9)5-8;5-3(6)1-2-4(7)8/h1-2,5-6,13H,3-4,12H2;1-2H,(H,5,6)(H,7,8)/b;2-1+. The quantitative estimate of drug-likeness (QED) is 0.656. The molecule has 112 valence electrons. The Kier molecular flexibility index (Phi) is 6.09. The Bertz CT molecular complexity index is 648. The van der Waals surface area contributed by atoms with Crippen LogP contribution < -0.4 is 10.8 Å². The number of carbonyl (C=O) groups excluding carboxylic acids is 1. The Morgan fingerprint density at radius 2 is 2.10 bits per heavy atom. The molecule has 1 aromatic carbocycles. The van der Waals surface area contributed by atoms with Crippen molar-refractivity contribution >= 4 is 22.8 Å². The van der Waals surface area contributed by atoms with E-state index >= 15 is 0 Å². The first-order valence-corrected chi connectivity index (χ1v) is 6.10. The van der Waals surface area contributed by atoms with E-state index in [4.69, 9.17) is 5.11 Å². The highest BCUT2D eigenvalue weighted by atomic mass is 19.1. The summed E-state index contributed by atoms with van der Waals surface area (Å²) in [6.07, 6.45) is 3.80. The molecule has 0 aliphatic heterocycles. The van der Waals surface area contributed by atoms with Crippen molar-refractivity contribution in [1.29, 1.82) is 0 Å². The number of hydrogen-bond donors (Lipinski definition) is 3. The topological polar surface area (TPSA) is 121 Å². The van der Waals surface area contributed by atoms with E-state index in [2.05, 4.69) is 10.7 Å². The lowest BCUT2D eigenvalue weighted by Crippen LogP contribution is -2.51.